The highest BCUT2D eigenvalue weighted by Crippen LogP contribution is 2.29. The van der Waals surface area contributed by atoms with Gasteiger partial charge in [0.15, 0.2) is 5.76 Å². The molecule has 2 rings (SSSR count). The summed E-state index contributed by atoms with van der Waals surface area (Å²) < 4.78 is 22.0. The predicted molar refractivity (Wildman–Crippen MR) is 87.2 cm³/mol. The maximum Gasteiger partial charge on any atom is 0.288 e. The highest BCUT2D eigenvalue weighted by atomic mass is 16.7. The lowest BCUT2D eigenvalue weighted by Gasteiger charge is -2.34. The van der Waals surface area contributed by atoms with E-state index in [4.69, 9.17) is 24.1 Å². The largest absolute Gasteiger partial charge is 0.459 e. The fourth-order valence-corrected chi connectivity index (χ4v) is 2.73. The van der Waals surface area contributed by atoms with Crippen LogP contribution in [-0.2, 0) is 23.7 Å². The van der Waals surface area contributed by atoms with Gasteiger partial charge in [0, 0.05) is 19.5 Å². The molecule has 2 aliphatic heterocycles. The van der Waals surface area contributed by atoms with Gasteiger partial charge in [-0.3, -0.25) is 4.79 Å². The summed E-state index contributed by atoms with van der Waals surface area (Å²) >= 11 is 0. The van der Waals surface area contributed by atoms with Crippen molar-refractivity contribution in [3.8, 4) is 0 Å². The lowest BCUT2D eigenvalue weighted by molar-refractivity contribution is -0.162. The van der Waals surface area contributed by atoms with Crippen LogP contribution in [-0.4, -0.2) is 74.9 Å². The number of hydrogen-bond acceptors (Lipinski definition) is 6. The molecule has 0 saturated carbocycles. The summed E-state index contributed by atoms with van der Waals surface area (Å²) in [5, 5.41) is 8.68. The Morgan fingerprint density at radius 1 is 1.33 bits per heavy atom. The van der Waals surface area contributed by atoms with E-state index in [0.717, 1.165) is 6.42 Å². The first-order valence-corrected chi connectivity index (χ1v) is 8.67. The molecule has 24 heavy (non-hydrogen) atoms. The van der Waals surface area contributed by atoms with Gasteiger partial charge in [-0.1, -0.05) is 13.8 Å². The number of morpholine rings is 1. The molecule has 1 fully saturated rings. The minimum atomic E-state index is -0.444. The summed E-state index contributed by atoms with van der Waals surface area (Å²) in [6, 6.07) is 0. The van der Waals surface area contributed by atoms with Crippen LogP contribution in [0.2, 0.25) is 0 Å². The van der Waals surface area contributed by atoms with E-state index in [0.29, 0.717) is 57.8 Å². The van der Waals surface area contributed by atoms with Crippen molar-refractivity contribution in [1.29, 1.82) is 0 Å². The third kappa shape index (κ3) is 5.73. The van der Waals surface area contributed by atoms with Crippen LogP contribution in [0.3, 0.4) is 0 Å². The molecule has 0 spiro atoms. The number of carbonyl (C=O) groups excluding carboxylic acids is 1. The summed E-state index contributed by atoms with van der Waals surface area (Å²) in [6.45, 7) is 7.62. The number of nitrogens with zero attached hydrogens (tertiary/aromatic N) is 1. The topological polar surface area (TPSA) is 77.5 Å². The molecule has 1 saturated heterocycles. The first-order chi connectivity index (χ1) is 11.6. The Hall–Kier alpha value is -1.15. The van der Waals surface area contributed by atoms with Crippen LogP contribution in [0.15, 0.2) is 11.8 Å². The summed E-state index contributed by atoms with van der Waals surface area (Å²) in [5.74, 6) is 0.928. The molecule has 0 unspecified atom stereocenters. The number of ether oxygens (including phenoxy) is 4. The van der Waals surface area contributed by atoms with Gasteiger partial charge in [0.1, 0.15) is 0 Å². The van der Waals surface area contributed by atoms with Crippen molar-refractivity contribution in [3.63, 3.8) is 0 Å². The summed E-state index contributed by atoms with van der Waals surface area (Å²) in [6.07, 6.45) is 2.21. The lowest BCUT2D eigenvalue weighted by atomic mass is 9.90. The molecule has 0 radical (unpaired) electrons. The third-order valence-electron chi connectivity index (χ3n) is 4.22. The molecule has 0 aromatic rings. The summed E-state index contributed by atoms with van der Waals surface area (Å²) in [4.78, 5) is 14.4. The monoisotopic (exact) mass is 343 g/mol. The zero-order valence-electron chi connectivity index (χ0n) is 14.6. The van der Waals surface area contributed by atoms with Gasteiger partial charge in [-0.2, -0.15) is 0 Å². The Labute approximate surface area is 143 Å². The lowest BCUT2D eigenvalue weighted by Crippen LogP contribution is -2.43. The summed E-state index contributed by atoms with van der Waals surface area (Å²) in [5.41, 5.74) is 0. The van der Waals surface area contributed by atoms with E-state index in [1.165, 1.54) is 0 Å². The first kappa shape index (κ1) is 19.2. The molecule has 2 aliphatic rings. The average molecular weight is 343 g/mol. The molecule has 2 heterocycles. The van der Waals surface area contributed by atoms with Crippen molar-refractivity contribution in [2.24, 2.45) is 11.8 Å². The van der Waals surface area contributed by atoms with Crippen LogP contribution >= 0.6 is 0 Å². The van der Waals surface area contributed by atoms with E-state index in [-0.39, 0.29) is 18.4 Å². The second-order valence-corrected chi connectivity index (χ2v) is 6.33. The van der Waals surface area contributed by atoms with Crippen molar-refractivity contribution in [2.75, 3.05) is 52.7 Å². The maximum absolute atomic E-state index is 12.7. The quantitative estimate of drug-likeness (QED) is 0.656. The molecule has 1 amide bonds. The Bertz CT molecular complexity index is 419. The molecule has 1 N–H and O–H groups in total. The second kappa shape index (κ2) is 9.98. The fraction of sp³-hybridized carbons (Fsp3) is 0.824. The molecule has 0 aromatic heterocycles. The predicted octanol–water partition coefficient (Wildman–Crippen LogP) is 0.773. The van der Waals surface area contributed by atoms with Crippen LogP contribution in [0, 0.1) is 11.8 Å². The van der Waals surface area contributed by atoms with Gasteiger partial charge in [-0.05, 0) is 17.9 Å². The van der Waals surface area contributed by atoms with E-state index in [1.807, 2.05) is 6.08 Å². The van der Waals surface area contributed by atoms with Gasteiger partial charge in [-0.15, -0.1) is 0 Å². The molecule has 2 atom stereocenters. The van der Waals surface area contributed by atoms with Gasteiger partial charge in [0.05, 0.1) is 39.6 Å². The van der Waals surface area contributed by atoms with Crippen LogP contribution < -0.4 is 0 Å². The number of carbonyl (C=O) groups is 1. The molecule has 7 heteroatoms. The van der Waals surface area contributed by atoms with Crippen LogP contribution in [0.4, 0.5) is 0 Å². The third-order valence-corrected chi connectivity index (χ3v) is 4.22. The number of rotatable bonds is 8. The second-order valence-electron chi connectivity index (χ2n) is 6.33. The standard InChI is InChI=1S/C17H29NO6/c1-13(2)14-11-15(17(20)18-3-6-21-7-4-18)24-16(12-14)23-10-9-22-8-5-19/h11,13-14,16,19H,3-10,12H2,1-2H3/t14-,16+/m1/s1. The molecule has 7 nitrogen and oxygen atoms in total. The molecule has 138 valence electrons. The minimum absolute atomic E-state index is 0.00368. The van der Waals surface area contributed by atoms with Crippen molar-refractivity contribution >= 4 is 5.91 Å². The normalized spacial score (nSPS) is 24.7. The van der Waals surface area contributed by atoms with Crippen molar-refractivity contribution in [2.45, 2.75) is 26.6 Å². The van der Waals surface area contributed by atoms with E-state index in [2.05, 4.69) is 13.8 Å². The van der Waals surface area contributed by atoms with Crippen molar-refractivity contribution in [1.82, 2.24) is 4.90 Å². The van der Waals surface area contributed by atoms with Crippen LogP contribution in [0.1, 0.15) is 20.3 Å². The molecule has 0 aromatic carbocycles. The maximum atomic E-state index is 12.7. The van der Waals surface area contributed by atoms with Gasteiger partial charge < -0.3 is 29.0 Å². The first-order valence-electron chi connectivity index (χ1n) is 8.67. The van der Waals surface area contributed by atoms with Crippen LogP contribution in [0.5, 0.6) is 0 Å². The van der Waals surface area contributed by atoms with E-state index < -0.39 is 6.29 Å². The fourth-order valence-electron chi connectivity index (χ4n) is 2.73. The summed E-state index contributed by atoms with van der Waals surface area (Å²) in [7, 11) is 0. The molecular weight excluding hydrogens is 314 g/mol. The Balaban J connectivity index is 1.91. The molecule has 0 bridgehead atoms. The Morgan fingerprint density at radius 3 is 2.75 bits per heavy atom. The average Bonchev–Trinajstić information content (AvgIpc) is 2.61. The zero-order valence-corrected chi connectivity index (χ0v) is 14.6. The van der Waals surface area contributed by atoms with Crippen molar-refractivity contribution < 1.29 is 28.8 Å². The van der Waals surface area contributed by atoms with Gasteiger partial charge in [0.25, 0.3) is 5.91 Å². The van der Waals surface area contributed by atoms with Crippen molar-refractivity contribution in [3.05, 3.63) is 11.8 Å². The van der Waals surface area contributed by atoms with E-state index in [9.17, 15) is 4.79 Å². The number of allylic oxidation sites excluding steroid dienone is 1. The Kier molecular flexibility index (Phi) is 7.98. The van der Waals surface area contributed by atoms with E-state index >= 15 is 0 Å². The zero-order chi connectivity index (χ0) is 17.4. The molecule has 0 aliphatic carbocycles. The smallest absolute Gasteiger partial charge is 0.288 e. The highest BCUT2D eigenvalue weighted by Gasteiger charge is 2.31. The van der Waals surface area contributed by atoms with Crippen LogP contribution in [0.25, 0.3) is 0 Å². The van der Waals surface area contributed by atoms with Gasteiger partial charge in [-0.25, -0.2) is 0 Å². The van der Waals surface area contributed by atoms with E-state index in [1.54, 1.807) is 4.90 Å². The highest BCUT2D eigenvalue weighted by molar-refractivity contribution is 5.91. The Morgan fingerprint density at radius 2 is 2.08 bits per heavy atom. The number of amides is 1. The molecular formula is C17H29NO6. The number of aliphatic hydroxyl groups is 1. The number of aliphatic hydroxyl groups excluding tert-OH is 1. The van der Waals surface area contributed by atoms with Gasteiger partial charge >= 0.3 is 0 Å². The SMILES string of the molecule is CC(C)[C@@H]1C=C(C(=O)N2CCOCC2)O[C@H](OCCOCCO)C1. The minimum Gasteiger partial charge on any atom is -0.459 e. The van der Waals surface area contributed by atoms with Gasteiger partial charge in [0.2, 0.25) is 6.29 Å². The number of hydrogen-bond donors (Lipinski definition) is 1.